The summed E-state index contributed by atoms with van der Waals surface area (Å²) in [5.41, 5.74) is 0.764. The van der Waals surface area contributed by atoms with E-state index in [-0.39, 0.29) is 0 Å². The fraction of sp³-hybridized carbons (Fsp3) is 0.500. The third-order valence-corrected chi connectivity index (χ3v) is 1.21. The van der Waals surface area contributed by atoms with Gasteiger partial charge in [-0.2, -0.15) is 5.26 Å². The minimum absolute atomic E-state index is 0.560. The minimum atomic E-state index is 0.560. The summed E-state index contributed by atoms with van der Waals surface area (Å²) in [6.07, 6.45) is 2.37. The Morgan fingerprint density at radius 2 is 2.29 bits per heavy atom. The molecule has 1 rings (SSSR count). The van der Waals surface area contributed by atoms with Crippen molar-refractivity contribution in [2.45, 2.75) is 12.8 Å². The molecule has 0 N–H and O–H groups in total. The summed E-state index contributed by atoms with van der Waals surface area (Å²) in [4.78, 5) is 0. The monoisotopic (exact) mass is 93.1 g/mol. The molecule has 7 heavy (non-hydrogen) atoms. The van der Waals surface area contributed by atoms with E-state index in [4.69, 9.17) is 5.26 Å². The maximum atomic E-state index is 8.20. The van der Waals surface area contributed by atoms with Crippen LogP contribution in [0.3, 0.4) is 0 Å². The van der Waals surface area contributed by atoms with Crippen molar-refractivity contribution >= 4 is 0 Å². The van der Waals surface area contributed by atoms with Crippen LogP contribution in [-0.2, 0) is 0 Å². The number of hydrogen-bond acceptors (Lipinski definition) is 1. The average molecular weight is 93.1 g/mol. The smallest absolute Gasteiger partial charge is 0.0943 e. The van der Waals surface area contributed by atoms with Crippen molar-refractivity contribution < 1.29 is 0 Å². The number of nitrogens with zero attached hydrogens (tertiary/aromatic N) is 1. The van der Waals surface area contributed by atoms with Crippen LogP contribution in [0.4, 0.5) is 0 Å². The van der Waals surface area contributed by atoms with Crippen molar-refractivity contribution in [2.24, 2.45) is 5.92 Å². The standard InChI is InChI=1S/C6H7N/c1-5(4-7)6-2-3-6/h6H,1-3H2. The summed E-state index contributed by atoms with van der Waals surface area (Å²) in [7, 11) is 0. The third kappa shape index (κ3) is 0.806. The molecule has 1 aliphatic carbocycles. The molecule has 0 aromatic carbocycles. The van der Waals surface area contributed by atoms with Crippen LogP contribution in [0.25, 0.3) is 0 Å². The molecular weight excluding hydrogens is 86.1 g/mol. The van der Waals surface area contributed by atoms with Crippen LogP contribution in [0.15, 0.2) is 12.2 Å². The van der Waals surface area contributed by atoms with E-state index in [9.17, 15) is 0 Å². The Bertz CT molecular complexity index is 126. The van der Waals surface area contributed by atoms with E-state index in [1.165, 1.54) is 12.8 Å². The molecule has 0 amide bonds. The van der Waals surface area contributed by atoms with Gasteiger partial charge in [0.05, 0.1) is 6.07 Å². The SMILES string of the molecule is C=C(C#N)C1CC1. The second-order valence-corrected chi connectivity index (χ2v) is 1.91. The first-order valence-corrected chi connectivity index (χ1v) is 2.43. The van der Waals surface area contributed by atoms with Crippen LogP contribution >= 0.6 is 0 Å². The van der Waals surface area contributed by atoms with Gasteiger partial charge < -0.3 is 0 Å². The first kappa shape index (κ1) is 4.39. The summed E-state index contributed by atoms with van der Waals surface area (Å²) >= 11 is 0. The normalized spacial score (nSPS) is 18.1. The molecule has 0 bridgehead atoms. The highest BCUT2D eigenvalue weighted by Gasteiger charge is 2.23. The molecule has 0 saturated heterocycles. The number of hydrogen-bond donors (Lipinski definition) is 0. The van der Waals surface area contributed by atoms with Crippen molar-refractivity contribution in [3.8, 4) is 6.07 Å². The Balaban J connectivity index is 2.42. The van der Waals surface area contributed by atoms with Crippen molar-refractivity contribution in [2.75, 3.05) is 0 Å². The molecular formula is C6H7N. The lowest BCUT2D eigenvalue weighted by Gasteiger charge is -1.80. The molecule has 1 fully saturated rings. The van der Waals surface area contributed by atoms with Gasteiger partial charge >= 0.3 is 0 Å². The van der Waals surface area contributed by atoms with Gasteiger partial charge in [0.1, 0.15) is 0 Å². The Morgan fingerprint density at radius 1 is 1.71 bits per heavy atom. The molecule has 0 radical (unpaired) electrons. The highest BCUT2D eigenvalue weighted by molar-refractivity contribution is 5.23. The summed E-state index contributed by atoms with van der Waals surface area (Å²) in [5.74, 6) is 0.560. The first-order chi connectivity index (χ1) is 3.34. The van der Waals surface area contributed by atoms with E-state index < -0.39 is 0 Å². The molecule has 36 valence electrons. The molecule has 0 unspecified atom stereocenters. The molecule has 0 aromatic heterocycles. The summed E-state index contributed by atoms with van der Waals surface area (Å²) in [5, 5.41) is 8.20. The Labute approximate surface area is 43.3 Å². The molecule has 0 heterocycles. The first-order valence-electron chi connectivity index (χ1n) is 2.43. The van der Waals surface area contributed by atoms with E-state index in [0.29, 0.717) is 5.92 Å². The lowest BCUT2D eigenvalue weighted by molar-refractivity contribution is 1.06. The topological polar surface area (TPSA) is 23.8 Å². The van der Waals surface area contributed by atoms with Gasteiger partial charge in [-0.3, -0.25) is 0 Å². The summed E-state index contributed by atoms with van der Waals surface area (Å²) in [6, 6.07) is 2.03. The van der Waals surface area contributed by atoms with Crippen LogP contribution in [0, 0.1) is 17.2 Å². The highest BCUT2D eigenvalue weighted by atomic mass is 14.3. The predicted octanol–water partition coefficient (Wildman–Crippen LogP) is 1.48. The molecule has 1 nitrogen and oxygen atoms in total. The van der Waals surface area contributed by atoms with Crippen molar-refractivity contribution in [3.05, 3.63) is 12.2 Å². The van der Waals surface area contributed by atoms with Gasteiger partial charge in [0.2, 0.25) is 0 Å². The number of nitriles is 1. The van der Waals surface area contributed by atoms with Gasteiger partial charge in [-0.15, -0.1) is 0 Å². The van der Waals surface area contributed by atoms with Gasteiger partial charge in [0, 0.05) is 5.57 Å². The molecule has 1 saturated carbocycles. The van der Waals surface area contributed by atoms with E-state index in [1.807, 2.05) is 6.07 Å². The van der Waals surface area contributed by atoms with E-state index in [2.05, 4.69) is 6.58 Å². The van der Waals surface area contributed by atoms with E-state index in [1.54, 1.807) is 0 Å². The van der Waals surface area contributed by atoms with Crippen LogP contribution in [-0.4, -0.2) is 0 Å². The molecule has 0 atom stereocenters. The van der Waals surface area contributed by atoms with E-state index >= 15 is 0 Å². The fourth-order valence-electron chi connectivity index (χ4n) is 0.523. The van der Waals surface area contributed by atoms with Crippen LogP contribution in [0.5, 0.6) is 0 Å². The van der Waals surface area contributed by atoms with Gasteiger partial charge in [-0.1, -0.05) is 6.58 Å². The van der Waals surface area contributed by atoms with Gasteiger partial charge in [0.15, 0.2) is 0 Å². The zero-order valence-electron chi connectivity index (χ0n) is 4.15. The predicted molar refractivity (Wildman–Crippen MR) is 27.5 cm³/mol. The van der Waals surface area contributed by atoms with Crippen LogP contribution in [0.2, 0.25) is 0 Å². The summed E-state index contributed by atoms with van der Waals surface area (Å²) in [6.45, 7) is 3.57. The fourth-order valence-corrected chi connectivity index (χ4v) is 0.523. The lowest BCUT2D eigenvalue weighted by Crippen LogP contribution is -1.73. The number of allylic oxidation sites excluding steroid dienone is 1. The molecule has 0 aromatic rings. The second-order valence-electron chi connectivity index (χ2n) is 1.91. The zero-order chi connectivity index (χ0) is 5.28. The average Bonchev–Trinajstić information content (AvgIpc) is 2.44. The van der Waals surface area contributed by atoms with Crippen molar-refractivity contribution in [3.63, 3.8) is 0 Å². The highest BCUT2D eigenvalue weighted by Crippen LogP contribution is 2.34. The molecule has 0 aliphatic heterocycles. The molecule has 1 heteroatoms. The quantitative estimate of drug-likeness (QED) is 0.450. The second kappa shape index (κ2) is 1.38. The van der Waals surface area contributed by atoms with Crippen LogP contribution in [0.1, 0.15) is 12.8 Å². The molecule has 0 spiro atoms. The number of rotatable bonds is 1. The lowest BCUT2D eigenvalue weighted by atomic mass is 10.2. The third-order valence-electron chi connectivity index (χ3n) is 1.21. The Kier molecular flexibility index (Phi) is 0.867. The maximum absolute atomic E-state index is 8.20. The zero-order valence-corrected chi connectivity index (χ0v) is 4.15. The van der Waals surface area contributed by atoms with Gasteiger partial charge in [-0.05, 0) is 18.8 Å². The van der Waals surface area contributed by atoms with Gasteiger partial charge in [0.25, 0.3) is 0 Å². The van der Waals surface area contributed by atoms with Crippen molar-refractivity contribution in [1.29, 1.82) is 5.26 Å². The van der Waals surface area contributed by atoms with Crippen molar-refractivity contribution in [1.82, 2.24) is 0 Å². The Hall–Kier alpha value is -0.770. The van der Waals surface area contributed by atoms with Gasteiger partial charge in [-0.25, -0.2) is 0 Å². The minimum Gasteiger partial charge on any atom is -0.193 e. The van der Waals surface area contributed by atoms with E-state index in [0.717, 1.165) is 5.57 Å². The Morgan fingerprint density at radius 3 is 2.43 bits per heavy atom. The largest absolute Gasteiger partial charge is 0.193 e. The summed E-state index contributed by atoms with van der Waals surface area (Å²) < 4.78 is 0. The molecule has 1 aliphatic rings. The van der Waals surface area contributed by atoms with Crippen LogP contribution < -0.4 is 0 Å². The maximum Gasteiger partial charge on any atom is 0.0943 e.